The summed E-state index contributed by atoms with van der Waals surface area (Å²) in [5.41, 5.74) is 0.836. The summed E-state index contributed by atoms with van der Waals surface area (Å²) in [6.45, 7) is 1.47. The average molecular weight is 398 g/mol. The SMILES string of the molecule is CS(=O)(=O)c1cccc(S(=O)(=O)N2CCN(c3ccc(F)cc3)CC2)c1. The van der Waals surface area contributed by atoms with Crippen LogP contribution in [0.25, 0.3) is 0 Å². The smallest absolute Gasteiger partial charge is 0.243 e. The Labute approximate surface area is 152 Å². The van der Waals surface area contributed by atoms with Gasteiger partial charge < -0.3 is 4.90 Å². The van der Waals surface area contributed by atoms with Crippen LogP contribution >= 0.6 is 0 Å². The van der Waals surface area contributed by atoms with E-state index in [0.717, 1.165) is 11.9 Å². The molecule has 0 radical (unpaired) electrons. The number of piperazine rings is 1. The van der Waals surface area contributed by atoms with Crippen LogP contribution in [0.4, 0.5) is 10.1 Å². The topological polar surface area (TPSA) is 74.8 Å². The minimum Gasteiger partial charge on any atom is -0.369 e. The lowest BCUT2D eigenvalue weighted by molar-refractivity contribution is 0.385. The maximum Gasteiger partial charge on any atom is 0.243 e. The third-order valence-corrected chi connectivity index (χ3v) is 7.31. The van der Waals surface area contributed by atoms with Crippen molar-refractivity contribution in [3.8, 4) is 0 Å². The molecular weight excluding hydrogens is 379 g/mol. The number of hydrogen-bond acceptors (Lipinski definition) is 5. The van der Waals surface area contributed by atoms with Crippen molar-refractivity contribution in [2.75, 3.05) is 37.3 Å². The van der Waals surface area contributed by atoms with Crippen LogP contribution in [0.1, 0.15) is 0 Å². The maximum absolute atomic E-state index is 13.0. The van der Waals surface area contributed by atoms with Gasteiger partial charge in [-0.05, 0) is 42.5 Å². The lowest BCUT2D eigenvalue weighted by Gasteiger charge is -2.35. The van der Waals surface area contributed by atoms with Gasteiger partial charge in [0, 0.05) is 38.1 Å². The Kier molecular flexibility index (Phi) is 5.05. The molecule has 0 aromatic heterocycles. The number of nitrogens with zero attached hydrogens (tertiary/aromatic N) is 2. The molecule has 0 spiro atoms. The highest BCUT2D eigenvalue weighted by molar-refractivity contribution is 7.91. The first-order chi connectivity index (χ1) is 12.2. The first kappa shape index (κ1) is 18.8. The molecule has 1 fully saturated rings. The van der Waals surface area contributed by atoms with E-state index in [4.69, 9.17) is 0 Å². The van der Waals surface area contributed by atoms with Gasteiger partial charge in [0.15, 0.2) is 9.84 Å². The maximum atomic E-state index is 13.0. The van der Waals surface area contributed by atoms with Crippen molar-refractivity contribution in [2.24, 2.45) is 0 Å². The molecule has 140 valence electrons. The number of sulfone groups is 1. The average Bonchev–Trinajstić information content (AvgIpc) is 2.62. The van der Waals surface area contributed by atoms with Gasteiger partial charge in [0.05, 0.1) is 9.79 Å². The van der Waals surface area contributed by atoms with Gasteiger partial charge in [-0.2, -0.15) is 4.31 Å². The Morgan fingerprint density at radius 1 is 0.846 bits per heavy atom. The van der Waals surface area contributed by atoms with Gasteiger partial charge >= 0.3 is 0 Å². The number of hydrogen-bond donors (Lipinski definition) is 0. The molecule has 0 atom stereocenters. The van der Waals surface area contributed by atoms with Gasteiger partial charge in [0.25, 0.3) is 0 Å². The molecule has 0 unspecified atom stereocenters. The van der Waals surface area contributed by atoms with Crippen LogP contribution in [0, 0.1) is 5.82 Å². The van der Waals surface area contributed by atoms with Gasteiger partial charge in [-0.3, -0.25) is 0 Å². The predicted octanol–water partition coefficient (Wildman–Crippen LogP) is 1.74. The fraction of sp³-hybridized carbons (Fsp3) is 0.294. The molecule has 0 amide bonds. The van der Waals surface area contributed by atoms with Crippen molar-refractivity contribution in [1.29, 1.82) is 0 Å². The highest BCUT2D eigenvalue weighted by Crippen LogP contribution is 2.23. The lowest BCUT2D eigenvalue weighted by Crippen LogP contribution is -2.48. The van der Waals surface area contributed by atoms with Gasteiger partial charge in [0.1, 0.15) is 5.82 Å². The highest BCUT2D eigenvalue weighted by atomic mass is 32.2. The van der Waals surface area contributed by atoms with Crippen molar-refractivity contribution < 1.29 is 21.2 Å². The zero-order valence-corrected chi connectivity index (χ0v) is 15.8. The summed E-state index contributed by atoms with van der Waals surface area (Å²) in [6, 6.07) is 11.5. The van der Waals surface area contributed by atoms with Crippen LogP contribution in [0.2, 0.25) is 0 Å². The lowest BCUT2D eigenvalue weighted by atomic mass is 10.2. The Balaban J connectivity index is 1.77. The van der Waals surface area contributed by atoms with Crippen molar-refractivity contribution in [3.05, 3.63) is 54.3 Å². The minimum atomic E-state index is -3.77. The van der Waals surface area contributed by atoms with Crippen molar-refractivity contribution in [2.45, 2.75) is 9.79 Å². The van der Waals surface area contributed by atoms with Crippen LogP contribution in [0.15, 0.2) is 58.3 Å². The molecule has 1 heterocycles. The summed E-state index contributed by atoms with van der Waals surface area (Å²) in [4.78, 5) is 1.93. The van der Waals surface area contributed by atoms with E-state index in [1.54, 1.807) is 12.1 Å². The molecule has 9 heteroatoms. The third-order valence-electron chi connectivity index (χ3n) is 4.30. The molecule has 2 aromatic carbocycles. The zero-order valence-electron chi connectivity index (χ0n) is 14.2. The molecule has 0 bridgehead atoms. The fourth-order valence-corrected chi connectivity index (χ4v) is 5.06. The molecular formula is C17H19FN2O4S2. The van der Waals surface area contributed by atoms with E-state index in [2.05, 4.69) is 0 Å². The predicted molar refractivity (Wildman–Crippen MR) is 96.9 cm³/mol. The summed E-state index contributed by atoms with van der Waals surface area (Å²) in [5.74, 6) is -0.319. The molecule has 1 saturated heterocycles. The van der Waals surface area contributed by atoms with Crippen molar-refractivity contribution in [1.82, 2.24) is 4.31 Å². The van der Waals surface area contributed by atoms with E-state index in [1.165, 1.54) is 40.7 Å². The van der Waals surface area contributed by atoms with E-state index >= 15 is 0 Å². The van der Waals surface area contributed by atoms with Gasteiger partial charge in [-0.25, -0.2) is 21.2 Å². The number of halogens is 1. The molecule has 6 nitrogen and oxygen atoms in total. The van der Waals surface area contributed by atoms with Gasteiger partial charge in [-0.15, -0.1) is 0 Å². The van der Waals surface area contributed by atoms with Crippen LogP contribution < -0.4 is 4.90 Å². The van der Waals surface area contributed by atoms with Gasteiger partial charge in [-0.1, -0.05) is 6.07 Å². The second kappa shape index (κ2) is 6.98. The Morgan fingerprint density at radius 3 is 2.00 bits per heavy atom. The second-order valence-corrected chi connectivity index (χ2v) is 10.1. The molecule has 0 aliphatic carbocycles. The van der Waals surface area contributed by atoms with Crippen LogP contribution in [-0.2, 0) is 19.9 Å². The number of sulfonamides is 1. The minimum absolute atomic E-state index is 0.0245. The summed E-state index contributed by atoms with van der Waals surface area (Å²) >= 11 is 0. The third kappa shape index (κ3) is 3.89. The van der Waals surface area contributed by atoms with Crippen molar-refractivity contribution >= 4 is 25.5 Å². The monoisotopic (exact) mass is 398 g/mol. The summed E-state index contributed by atoms with van der Waals surface area (Å²) < 4.78 is 63.3. The van der Waals surface area contributed by atoms with Crippen LogP contribution in [0.5, 0.6) is 0 Å². The number of rotatable bonds is 4. The Hall–Kier alpha value is -1.97. The molecule has 2 aromatic rings. The summed E-state index contributed by atoms with van der Waals surface area (Å²) in [5, 5.41) is 0. The van der Waals surface area contributed by atoms with Crippen LogP contribution in [-0.4, -0.2) is 53.6 Å². The largest absolute Gasteiger partial charge is 0.369 e. The van der Waals surface area contributed by atoms with E-state index in [9.17, 15) is 21.2 Å². The highest BCUT2D eigenvalue weighted by Gasteiger charge is 2.29. The molecule has 26 heavy (non-hydrogen) atoms. The quantitative estimate of drug-likeness (QED) is 0.784. The standard InChI is InChI=1S/C17H19FN2O4S2/c1-25(21,22)16-3-2-4-17(13-16)26(23,24)20-11-9-19(10-12-20)15-7-5-14(18)6-8-15/h2-8,13H,9-12H2,1H3. The van der Waals surface area contributed by atoms with E-state index < -0.39 is 19.9 Å². The Morgan fingerprint density at radius 2 is 1.42 bits per heavy atom. The van der Waals surface area contributed by atoms with Crippen LogP contribution in [0.3, 0.4) is 0 Å². The molecule has 3 rings (SSSR count). The zero-order chi connectivity index (χ0) is 18.9. The first-order valence-electron chi connectivity index (χ1n) is 7.99. The number of benzene rings is 2. The first-order valence-corrected chi connectivity index (χ1v) is 11.3. The molecule has 0 saturated carbocycles. The second-order valence-electron chi connectivity index (χ2n) is 6.11. The summed E-state index contributed by atoms with van der Waals surface area (Å²) in [7, 11) is -7.26. The Bertz CT molecular complexity index is 997. The summed E-state index contributed by atoms with van der Waals surface area (Å²) in [6.07, 6.45) is 1.04. The van der Waals surface area contributed by atoms with Crippen molar-refractivity contribution in [3.63, 3.8) is 0 Å². The molecule has 0 N–H and O–H groups in total. The number of anilines is 1. The van der Waals surface area contributed by atoms with E-state index in [1.807, 2.05) is 4.90 Å². The van der Waals surface area contributed by atoms with E-state index in [0.29, 0.717) is 13.1 Å². The normalized spacial score (nSPS) is 16.6. The molecule has 1 aliphatic heterocycles. The fourth-order valence-electron chi connectivity index (χ4n) is 2.85. The van der Waals surface area contributed by atoms with Gasteiger partial charge in [0.2, 0.25) is 10.0 Å². The van der Waals surface area contributed by atoms with E-state index in [-0.39, 0.29) is 28.7 Å². The molecule has 1 aliphatic rings.